The van der Waals surface area contributed by atoms with E-state index < -0.39 is 0 Å². The van der Waals surface area contributed by atoms with Gasteiger partial charge in [0, 0.05) is 13.1 Å². The Labute approximate surface area is 145 Å². The molecule has 3 rings (SSSR count). The van der Waals surface area contributed by atoms with Crippen LogP contribution in [0.25, 0.3) is 0 Å². The molecule has 0 radical (unpaired) electrons. The van der Waals surface area contributed by atoms with Crippen molar-refractivity contribution in [2.45, 2.75) is 13.0 Å². The minimum atomic E-state index is -0.366. The van der Waals surface area contributed by atoms with Gasteiger partial charge in [0.15, 0.2) is 5.82 Å². The van der Waals surface area contributed by atoms with Crippen LogP contribution in [-0.2, 0) is 0 Å². The van der Waals surface area contributed by atoms with Gasteiger partial charge in [-0.25, -0.2) is 9.18 Å². The molecule has 2 amide bonds. The molecule has 0 aliphatic rings. The van der Waals surface area contributed by atoms with Gasteiger partial charge in [-0.3, -0.25) is 5.32 Å². The molecule has 25 heavy (non-hydrogen) atoms. The molecule has 1 heterocycles. The van der Waals surface area contributed by atoms with Gasteiger partial charge >= 0.3 is 6.03 Å². The van der Waals surface area contributed by atoms with E-state index in [-0.39, 0.29) is 17.9 Å². The average molecular weight is 339 g/mol. The second kappa shape index (κ2) is 7.17. The SMILES string of the molecule is Cc1cc(NC(=O)N(C)C(c2ccccc2)c2ccc(F)cc2)no1. The largest absolute Gasteiger partial charge is 0.360 e. The topological polar surface area (TPSA) is 58.4 Å². The van der Waals surface area contributed by atoms with Crippen LogP contribution in [0.1, 0.15) is 22.9 Å². The fraction of sp³-hybridized carbons (Fsp3) is 0.158. The van der Waals surface area contributed by atoms with Crippen LogP contribution < -0.4 is 5.32 Å². The van der Waals surface area contributed by atoms with E-state index in [2.05, 4.69) is 10.5 Å². The third-order valence-electron chi connectivity index (χ3n) is 3.87. The lowest BCUT2D eigenvalue weighted by molar-refractivity contribution is 0.212. The number of amides is 2. The molecule has 1 aromatic heterocycles. The van der Waals surface area contributed by atoms with Crippen molar-refractivity contribution in [1.82, 2.24) is 10.1 Å². The van der Waals surface area contributed by atoms with Crippen molar-refractivity contribution in [3.63, 3.8) is 0 Å². The van der Waals surface area contributed by atoms with Crippen molar-refractivity contribution in [2.24, 2.45) is 0 Å². The van der Waals surface area contributed by atoms with Crippen LogP contribution in [0, 0.1) is 12.7 Å². The normalized spacial score (nSPS) is 11.8. The highest BCUT2D eigenvalue weighted by molar-refractivity contribution is 5.88. The minimum absolute atomic E-state index is 0.319. The van der Waals surface area contributed by atoms with Crippen LogP contribution in [-0.4, -0.2) is 23.1 Å². The Hall–Kier alpha value is -3.15. The molecular formula is C19H18FN3O2. The Bertz CT molecular complexity index is 847. The summed E-state index contributed by atoms with van der Waals surface area (Å²) in [5, 5.41) is 6.47. The molecule has 1 unspecified atom stereocenters. The molecule has 5 nitrogen and oxygen atoms in total. The summed E-state index contributed by atoms with van der Waals surface area (Å²) in [6, 6.07) is 16.6. The number of benzene rings is 2. The first-order valence-electron chi connectivity index (χ1n) is 7.82. The van der Waals surface area contributed by atoms with Crippen LogP contribution >= 0.6 is 0 Å². The molecule has 0 saturated carbocycles. The van der Waals surface area contributed by atoms with Crippen molar-refractivity contribution in [3.8, 4) is 0 Å². The van der Waals surface area contributed by atoms with Crippen molar-refractivity contribution in [3.05, 3.63) is 83.4 Å². The summed E-state index contributed by atoms with van der Waals surface area (Å²) in [5.74, 6) is 0.636. The fourth-order valence-electron chi connectivity index (χ4n) is 2.66. The number of hydrogen-bond acceptors (Lipinski definition) is 3. The van der Waals surface area contributed by atoms with Gasteiger partial charge in [0.25, 0.3) is 0 Å². The van der Waals surface area contributed by atoms with Gasteiger partial charge in [0.1, 0.15) is 11.6 Å². The summed E-state index contributed by atoms with van der Waals surface area (Å²) in [6.07, 6.45) is 0. The monoisotopic (exact) mass is 339 g/mol. The number of urea groups is 1. The predicted octanol–water partition coefficient (Wildman–Crippen LogP) is 4.38. The quantitative estimate of drug-likeness (QED) is 0.767. The van der Waals surface area contributed by atoms with Gasteiger partial charge in [-0.15, -0.1) is 0 Å². The van der Waals surface area contributed by atoms with Crippen molar-refractivity contribution < 1.29 is 13.7 Å². The smallest absolute Gasteiger partial charge is 0.323 e. The first-order valence-corrected chi connectivity index (χ1v) is 7.82. The number of carbonyl (C=O) groups excluding carboxylic acids is 1. The zero-order valence-electron chi connectivity index (χ0n) is 13.9. The van der Waals surface area contributed by atoms with E-state index in [1.807, 2.05) is 30.3 Å². The first kappa shape index (κ1) is 16.7. The number of aromatic nitrogens is 1. The number of halogens is 1. The molecule has 1 atom stereocenters. The van der Waals surface area contributed by atoms with Crippen molar-refractivity contribution in [2.75, 3.05) is 12.4 Å². The maximum Gasteiger partial charge on any atom is 0.323 e. The third-order valence-corrected chi connectivity index (χ3v) is 3.87. The van der Waals surface area contributed by atoms with E-state index in [9.17, 15) is 9.18 Å². The number of hydrogen-bond donors (Lipinski definition) is 1. The fourth-order valence-corrected chi connectivity index (χ4v) is 2.66. The molecule has 0 saturated heterocycles. The third kappa shape index (κ3) is 3.85. The lowest BCUT2D eigenvalue weighted by Crippen LogP contribution is -2.35. The Kier molecular flexibility index (Phi) is 4.79. The van der Waals surface area contributed by atoms with E-state index >= 15 is 0 Å². The molecule has 0 aliphatic heterocycles. The Balaban J connectivity index is 1.90. The Morgan fingerprint density at radius 2 is 1.76 bits per heavy atom. The summed E-state index contributed by atoms with van der Waals surface area (Å²) in [6.45, 7) is 1.75. The van der Waals surface area contributed by atoms with Crippen LogP contribution in [0.4, 0.5) is 15.0 Å². The van der Waals surface area contributed by atoms with Gasteiger partial charge in [0.05, 0.1) is 6.04 Å². The lowest BCUT2D eigenvalue weighted by atomic mass is 9.97. The van der Waals surface area contributed by atoms with Crippen LogP contribution in [0.2, 0.25) is 0 Å². The maximum atomic E-state index is 13.3. The highest BCUT2D eigenvalue weighted by Crippen LogP contribution is 2.28. The zero-order valence-corrected chi connectivity index (χ0v) is 13.9. The van der Waals surface area contributed by atoms with E-state index in [0.717, 1.165) is 11.1 Å². The summed E-state index contributed by atoms with van der Waals surface area (Å²) >= 11 is 0. The molecule has 0 spiro atoms. The lowest BCUT2D eigenvalue weighted by Gasteiger charge is -2.29. The van der Waals surface area contributed by atoms with Crippen LogP contribution in [0.15, 0.2) is 65.2 Å². The van der Waals surface area contributed by atoms with Gasteiger partial charge in [0.2, 0.25) is 0 Å². The molecule has 0 aliphatic carbocycles. The number of nitrogens with zero attached hydrogens (tertiary/aromatic N) is 2. The maximum absolute atomic E-state index is 13.3. The number of aryl methyl sites for hydroxylation is 1. The van der Waals surface area contributed by atoms with Gasteiger partial charge in [-0.05, 0) is 30.2 Å². The number of carbonyl (C=O) groups is 1. The Morgan fingerprint density at radius 1 is 1.12 bits per heavy atom. The standard InChI is InChI=1S/C19H18FN3O2/c1-13-12-17(22-25-13)21-19(24)23(2)18(14-6-4-3-5-7-14)15-8-10-16(20)11-9-15/h3-12,18H,1-2H3,(H,21,22,24). The molecule has 128 valence electrons. The molecule has 3 aromatic rings. The summed E-state index contributed by atoms with van der Waals surface area (Å²) < 4.78 is 18.3. The van der Waals surface area contributed by atoms with E-state index in [0.29, 0.717) is 11.6 Å². The number of nitrogens with one attached hydrogen (secondary N) is 1. The number of rotatable bonds is 4. The van der Waals surface area contributed by atoms with Crippen molar-refractivity contribution >= 4 is 11.8 Å². The average Bonchev–Trinajstić information content (AvgIpc) is 3.02. The van der Waals surface area contributed by atoms with Crippen molar-refractivity contribution in [1.29, 1.82) is 0 Å². The van der Waals surface area contributed by atoms with Crippen LogP contribution in [0.3, 0.4) is 0 Å². The summed E-state index contributed by atoms with van der Waals surface area (Å²) in [5.41, 5.74) is 1.73. The summed E-state index contributed by atoms with van der Waals surface area (Å²) in [7, 11) is 1.68. The molecular weight excluding hydrogens is 321 g/mol. The second-order valence-corrected chi connectivity index (χ2v) is 5.73. The minimum Gasteiger partial charge on any atom is -0.360 e. The molecule has 1 N–H and O–H groups in total. The zero-order chi connectivity index (χ0) is 17.8. The highest BCUT2D eigenvalue weighted by atomic mass is 19.1. The van der Waals surface area contributed by atoms with Gasteiger partial charge < -0.3 is 9.42 Å². The molecule has 2 aromatic carbocycles. The summed E-state index contributed by atoms with van der Waals surface area (Å²) in [4.78, 5) is 14.2. The van der Waals surface area contributed by atoms with Gasteiger partial charge in [-0.2, -0.15) is 0 Å². The highest BCUT2D eigenvalue weighted by Gasteiger charge is 2.24. The Morgan fingerprint density at radius 3 is 2.36 bits per heavy atom. The van der Waals surface area contributed by atoms with Gasteiger partial charge in [-0.1, -0.05) is 47.6 Å². The first-order chi connectivity index (χ1) is 12.0. The van der Waals surface area contributed by atoms with E-state index in [1.165, 1.54) is 12.1 Å². The molecule has 0 fully saturated rings. The van der Waals surface area contributed by atoms with E-state index in [1.54, 1.807) is 37.1 Å². The second-order valence-electron chi connectivity index (χ2n) is 5.73. The van der Waals surface area contributed by atoms with E-state index in [4.69, 9.17) is 4.52 Å². The predicted molar refractivity (Wildman–Crippen MR) is 92.7 cm³/mol. The van der Waals surface area contributed by atoms with Crippen LogP contribution in [0.5, 0.6) is 0 Å². The number of anilines is 1. The molecule has 0 bridgehead atoms. The molecule has 6 heteroatoms.